The van der Waals surface area contributed by atoms with Crippen molar-refractivity contribution in [2.45, 2.75) is 45.2 Å². The van der Waals surface area contributed by atoms with Crippen molar-refractivity contribution in [1.29, 1.82) is 0 Å². The fraction of sp³-hybridized carbons (Fsp3) is 0.714. The lowest BCUT2D eigenvalue weighted by molar-refractivity contribution is -0.136. The zero-order valence-corrected chi connectivity index (χ0v) is 12.1. The fourth-order valence-corrected chi connectivity index (χ4v) is 2.62. The highest BCUT2D eigenvalue weighted by molar-refractivity contribution is 5.82. The van der Waals surface area contributed by atoms with Crippen LogP contribution in [0.3, 0.4) is 0 Å². The Morgan fingerprint density at radius 2 is 2.32 bits per heavy atom. The first kappa shape index (κ1) is 14.1. The molecule has 2 heterocycles. The second kappa shape index (κ2) is 6.19. The number of piperidine rings is 1. The van der Waals surface area contributed by atoms with Crippen LogP contribution in [0, 0.1) is 0 Å². The molecule has 1 fully saturated rings. The Hall–Kier alpha value is -1.36. The number of amides is 1. The van der Waals surface area contributed by atoms with Crippen molar-refractivity contribution in [1.82, 2.24) is 20.0 Å². The lowest BCUT2D eigenvalue weighted by Gasteiger charge is -2.33. The van der Waals surface area contributed by atoms with Crippen LogP contribution in [-0.4, -0.2) is 45.8 Å². The van der Waals surface area contributed by atoms with Crippen LogP contribution in [-0.2, 0) is 18.3 Å². The Morgan fingerprint density at radius 3 is 2.95 bits per heavy atom. The Kier molecular flexibility index (Phi) is 4.58. The molecule has 0 bridgehead atoms. The van der Waals surface area contributed by atoms with Crippen LogP contribution >= 0.6 is 0 Å². The Morgan fingerprint density at radius 1 is 1.53 bits per heavy atom. The van der Waals surface area contributed by atoms with E-state index in [1.54, 1.807) is 6.20 Å². The summed E-state index contributed by atoms with van der Waals surface area (Å²) < 4.78 is 1.87. The smallest absolute Gasteiger partial charge is 0.239 e. The summed E-state index contributed by atoms with van der Waals surface area (Å²) in [5.41, 5.74) is 1.17. The molecule has 0 aromatic carbocycles. The van der Waals surface area contributed by atoms with Gasteiger partial charge in [-0.2, -0.15) is 5.10 Å². The molecule has 1 atom stereocenters. The van der Waals surface area contributed by atoms with Gasteiger partial charge in [0.1, 0.15) is 0 Å². The van der Waals surface area contributed by atoms with Crippen LogP contribution in [0.2, 0.25) is 0 Å². The molecule has 5 heteroatoms. The minimum absolute atomic E-state index is 0.000266. The van der Waals surface area contributed by atoms with Crippen LogP contribution in [0.4, 0.5) is 0 Å². The van der Waals surface area contributed by atoms with Crippen molar-refractivity contribution in [3.8, 4) is 0 Å². The summed E-state index contributed by atoms with van der Waals surface area (Å²) in [7, 11) is 1.94. The third kappa shape index (κ3) is 3.56. The van der Waals surface area contributed by atoms with Crippen LogP contribution in [0.25, 0.3) is 0 Å². The molecule has 1 aliphatic rings. The van der Waals surface area contributed by atoms with Gasteiger partial charge in [0.05, 0.1) is 6.04 Å². The molecule has 0 saturated carbocycles. The van der Waals surface area contributed by atoms with Crippen LogP contribution < -0.4 is 5.32 Å². The first-order valence-electron chi connectivity index (χ1n) is 7.09. The molecule has 1 N–H and O–H groups in total. The SMILES string of the molecule is CC(C)NC1CCCN(CCc2ccnn2C)C1=O. The van der Waals surface area contributed by atoms with E-state index in [1.165, 1.54) is 5.69 Å². The number of carbonyl (C=O) groups is 1. The molecule has 1 aromatic heterocycles. The molecule has 1 aliphatic heterocycles. The second-order valence-electron chi connectivity index (χ2n) is 5.54. The van der Waals surface area contributed by atoms with Crippen molar-refractivity contribution >= 4 is 5.91 Å². The van der Waals surface area contributed by atoms with Gasteiger partial charge in [0.25, 0.3) is 0 Å². The number of rotatable bonds is 5. The van der Waals surface area contributed by atoms with Crippen molar-refractivity contribution < 1.29 is 4.79 Å². The van der Waals surface area contributed by atoms with E-state index in [0.717, 1.165) is 32.4 Å². The van der Waals surface area contributed by atoms with E-state index in [9.17, 15) is 4.79 Å². The summed E-state index contributed by atoms with van der Waals surface area (Å²) in [5, 5.41) is 7.51. The normalized spacial score (nSPS) is 20.3. The molecular formula is C14H24N4O. The third-order valence-electron chi connectivity index (χ3n) is 3.63. The van der Waals surface area contributed by atoms with Gasteiger partial charge in [0, 0.05) is 44.5 Å². The van der Waals surface area contributed by atoms with E-state index in [1.807, 2.05) is 22.7 Å². The molecule has 0 aliphatic carbocycles. The van der Waals surface area contributed by atoms with E-state index < -0.39 is 0 Å². The maximum atomic E-state index is 12.3. The number of likely N-dealkylation sites (tertiary alicyclic amines) is 1. The topological polar surface area (TPSA) is 50.2 Å². The Bertz CT molecular complexity index is 427. The minimum Gasteiger partial charge on any atom is -0.341 e. The predicted octanol–water partition coefficient (Wildman–Crippen LogP) is 0.952. The summed E-state index contributed by atoms with van der Waals surface area (Å²) >= 11 is 0. The van der Waals surface area contributed by atoms with Gasteiger partial charge in [-0.1, -0.05) is 13.8 Å². The highest BCUT2D eigenvalue weighted by Crippen LogP contribution is 2.13. The molecular weight excluding hydrogens is 240 g/mol. The predicted molar refractivity (Wildman–Crippen MR) is 74.8 cm³/mol. The van der Waals surface area contributed by atoms with Crippen molar-refractivity contribution in [2.24, 2.45) is 7.05 Å². The van der Waals surface area contributed by atoms with Gasteiger partial charge in [0.2, 0.25) is 5.91 Å². The molecule has 1 saturated heterocycles. The largest absolute Gasteiger partial charge is 0.341 e. The maximum absolute atomic E-state index is 12.3. The van der Waals surface area contributed by atoms with E-state index in [-0.39, 0.29) is 11.9 Å². The summed E-state index contributed by atoms with van der Waals surface area (Å²) in [6.07, 6.45) is 4.72. The molecule has 19 heavy (non-hydrogen) atoms. The molecule has 1 amide bonds. The van der Waals surface area contributed by atoms with Crippen molar-refractivity contribution in [3.63, 3.8) is 0 Å². The second-order valence-corrected chi connectivity index (χ2v) is 5.54. The molecule has 1 aromatic rings. The van der Waals surface area contributed by atoms with E-state index in [0.29, 0.717) is 6.04 Å². The summed E-state index contributed by atoms with van der Waals surface area (Å²) in [6, 6.07) is 2.37. The minimum atomic E-state index is 0.000266. The van der Waals surface area contributed by atoms with Gasteiger partial charge in [-0.3, -0.25) is 9.48 Å². The number of hydrogen-bond acceptors (Lipinski definition) is 3. The van der Waals surface area contributed by atoms with Crippen molar-refractivity contribution in [3.05, 3.63) is 18.0 Å². The summed E-state index contributed by atoms with van der Waals surface area (Å²) in [4.78, 5) is 14.3. The summed E-state index contributed by atoms with van der Waals surface area (Å²) in [5.74, 6) is 0.252. The summed E-state index contributed by atoms with van der Waals surface area (Å²) in [6.45, 7) is 5.84. The van der Waals surface area contributed by atoms with Gasteiger partial charge >= 0.3 is 0 Å². The first-order valence-corrected chi connectivity index (χ1v) is 7.09. The van der Waals surface area contributed by atoms with Gasteiger partial charge < -0.3 is 10.2 Å². The van der Waals surface area contributed by atoms with Crippen LogP contribution in [0.15, 0.2) is 12.3 Å². The van der Waals surface area contributed by atoms with Crippen LogP contribution in [0.1, 0.15) is 32.4 Å². The fourth-order valence-electron chi connectivity index (χ4n) is 2.62. The average Bonchev–Trinajstić information content (AvgIpc) is 2.76. The maximum Gasteiger partial charge on any atom is 0.239 e. The van der Waals surface area contributed by atoms with Crippen LogP contribution in [0.5, 0.6) is 0 Å². The standard InChI is InChI=1S/C14H24N4O/c1-11(2)16-13-5-4-9-18(14(13)19)10-7-12-6-8-15-17(12)3/h6,8,11,13,16H,4-5,7,9-10H2,1-3H3. The highest BCUT2D eigenvalue weighted by atomic mass is 16.2. The van der Waals surface area contributed by atoms with Gasteiger partial charge in [-0.25, -0.2) is 0 Å². The first-order chi connectivity index (χ1) is 9.08. The lowest BCUT2D eigenvalue weighted by atomic mass is 10.0. The van der Waals surface area contributed by atoms with E-state index >= 15 is 0 Å². The molecule has 1 unspecified atom stereocenters. The van der Waals surface area contributed by atoms with Gasteiger partial charge in [0.15, 0.2) is 0 Å². The van der Waals surface area contributed by atoms with Crippen molar-refractivity contribution in [2.75, 3.05) is 13.1 Å². The number of nitrogens with one attached hydrogen (secondary N) is 1. The van der Waals surface area contributed by atoms with E-state index in [2.05, 4.69) is 24.3 Å². The monoisotopic (exact) mass is 264 g/mol. The third-order valence-corrected chi connectivity index (χ3v) is 3.63. The molecule has 0 radical (unpaired) electrons. The Labute approximate surface area is 115 Å². The zero-order valence-electron chi connectivity index (χ0n) is 12.1. The molecule has 0 spiro atoms. The van der Waals surface area contributed by atoms with Gasteiger partial charge in [-0.05, 0) is 18.9 Å². The lowest BCUT2D eigenvalue weighted by Crippen LogP contribution is -2.52. The molecule has 2 rings (SSSR count). The Balaban J connectivity index is 1.89. The highest BCUT2D eigenvalue weighted by Gasteiger charge is 2.28. The number of aryl methyl sites for hydroxylation is 1. The number of hydrogen-bond donors (Lipinski definition) is 1. The zero-order chi connectivity index (χ0) is 13.8. The molecule has 5 nitrogen and oxygen atoms in total. The van der Waals surface area contributed by atoms with Gasteiger partial charge in [-0.15, -0.1) is 0 Å². The quantitative estimate of drug-likeness (QED) is 0.861. The number of aromatic nitrogens is 2. The molecule has 106 valence electrons. The average molecular weight is 264 g/mol. The number of carbonyl (C=O) groups excluding carboxylic acids is 1. The van der Waals surface area contributed by atoms with E-state index in [4.69, 9.17) is 0 Å². The number of nitrogens with zero attached hydrogens (tertiary/aromatic N) is 3.